The summed E-state index contributed by atoms with van der Waals surface area (Å²) >= 11 is 0. The van der Waals surface area contributed by atoms with Crippen LogP contribution in [0.3, 0.4) is 0 Å². The Balaban J connectivity index is 2.66. The predicted octanol–water partition coefficient (Wildman–Crippen LogP) is 0.773. The lowest BCUT2D eigenvalue weighted by atomic mass is 10.2. The summed E-state index contributed by atoms with van der Waals surface area (Å²) in [6.45, 7) is 0.840. The molecule has 74 valence electrons. The van der Waals surface area contributed by atoms with Crippen LogP contribution in [0.2, 0.25) is 0 Å². The van der Waals surface area contributed by atoms with Crippen LogP contribution in [0.15, 0.2) is 29.4 Å². The van der Waals surface area contributed by atoms with Crippen LogP contribution in [-0.2, 0) is 0 Å². The van der Waals surface area contributed by atoms with Crippen LogP contribution < -0.4 is 11.1 Å². The molecule has 0 aliphatic carbocycles. The summed E-state index contributed by atoms with van der Waals surface area (Å²) in [4.78, 5) is 21.4. The summed E-state index contributed by atoms with van der Waals surface area (Å²) in [5.41, 5.74) is 6.03. The van der Waals surface area contributed by atoms with Gasteiger partial charge in [0.25, 0.3) is 5.91 Å². The maximum absolute atomic E-state index is 11.3. The van der Waals surface area contributed by atoms with Crippen LogP contribution in [0.4, 0.5) is 5.69 Å². The highest BCUT2D eigenvalue weighted by Gasteiger charge is 2.03. The van der Waals surface area contributed by atoms with E-state index in [1.165, 1.54) is 12.1 Å². The van der Waals surface area contributed by atoms with Crippen molar-refractivity contribution in [3.63, 3.8) is 0 Å². The first kappa shape index (κ1) is 10.3. The van der Waals surface area contributed by atoms with Crippen molar-refractivity contribution in [1.29, 1.82) is 0 Å². The Kier molecular flexibility index (Phi) is 3.75. The van der Waals surface area contributed by atoms with Gasteiger partial charge >= 0.3 is 0 Å². The van der Waals surface area contributed by atoms with Crippen LogP contribution >= 0.6 is 0 Å². The molecule has 1 aromatic rings. The Morgan fingerprint density at radius 3 is 2.50 bits per heavy atom. The van der Waals surface area contributed by atoms with Gasteiger partial charge in [-0.2, -0.15) is 0 Å². The number of nitrogens with one attached hydrogen (secondary N) is 1. The Labute approximate surface area is 81.3 Å². The Morgan fingerprint density at radius 2 is 2.00 bits per heavy atom. The third-order valence-corrected chi connectivity index (χ3v) is 1.66. The van der Waals surface area contributed by atoms with Crippen LogP contribution in [0.5, 0.6) is 0 Å². The normalized spacial score (nSPS) is 9.50. The molecule has 5 nitrogen and oxygen atoms in total. The lowest BCUT2D eigenvalue weighted by Crippen LogP contribution is -2.28. The fraction of sp³-hybridized carbons (Fsp3) is 0.222. The summed E-state index contributed by atoms with van der Waals surface area (Å²) in [5, 5.41) is 5.34. The average molecular weight is 193 g/mol. The van der Waals surface area contributed by atoms with Gasteiger partial charge in [0.2, 0.25) is 0 Å². The number of nitrogens with zero attached hydrogens (tertiary/aromatic N) is 1. The molecule has 0 spiro atoms. The maximum Gasteiger partial charge on any atom is 0.251 e. The average Bonchev–Trinajstić information content (AvgIpc) is 2.26. The zero-order valence-electron chi connectivity index (χ0n) is 7.56. The van der Waals surface area contributed by atoms with Crippen molar-refractivity contribution in [3.8, 4) is 0 Å². The van der Waals surface area contributed by atoms with Gasteiger partial charge in [-0.3, -0.25) is 4.79 Å². The van der Waals surface area contributed by atoms with E-state index < -0.39 is 0 Å². The highest BCUT2D eigenvalue weighted by atomic mass is 16.3. The number of nitroso groups, excluding NO2 is 1. The van der Waals surface area contributed by atoms with E-state index in [1.54, 1.807) is 12.1 Å². The van der Waals surface area contributed by atoms with Gasteiger partial charge in [0, 0.05) is 18.7 Å². The van der Waals surface area contributed by atoms with Gasteiger partial charge in [-0.15, -0.1) is 4.91 Å². The quantitative estimate of drug-likeness (QED) is 0.693. The minimum atomic E-state index is -0.201. The number of amides is 1. The van der Waals surface area contributed by atoms with Crippen LogP contribution in [-0.4, -0.2) is 19.0 Å². The van der Waals surface area contributed by atoms with E-state index in [0.717, 1.165) is 0 Å². The second-order valence-corrected chi connectivity index (χ2v) is 2.68. The van der Waals surface area contributed by atoms with Crippen LogP contribution in [0.1, 0.15) is 10.4 Å². The molecule has 0 unspecified atom stereocenters. The number of nitrogens with two attached hydrogens (primary N) is 1. The molecular formula is C9H11N3O2. The highest BCUT2D eigenvalue weighted by Crippen LogP contribution is 2.11. The van der Waals surface area contributed by atoms with Crippen molar-refractivity contribution >= 4 is 11.6 Å². The minimum absolute atomic E-state index is 0.201. The lowest BCUT2D eigenvalue weighted by molar-refractivity contribution is 0.0955. The first-order chi connectivity index (χ1) is 6.77. The van der Waals surface area contributed by atoms with Crippen molar-refractivity contribution in [2.45, 2.75) is 0 Å². The number of carbonyl (C=O) groups excluding carboxylic acids is 1. The van der Waals surface area contributed by atoms with Gasteiger partial charge in [-0.25, -0.2) is 0 Å². The second kappa shape index (κ2) is 5.08. The van der Waals surface area contributed by atoms with E-state index in [9.17, 15) is 9.70 Å². The number of carbonyl (C=O) groups is 1. The highest BCUT2D eigenvalue weighted by molar-refractivity contribution is 5.94. The lowest BCUT2D eigenvalue weighted by Gasteiger charge is -2.02. The molecule has 0 saturated carbocycles. The van der Waals surface area contributed by atoms with E-state index in [0.29, 0.717) is 24.3 Å². The summed E-state index contributed by atoms with van der Waals surface area (Å²) in [6.07, 6.45) is 0. The molecule has 0 aromatic heterocycles. The van der Waals surface area contributed by atoms with Gasteiger partial charge in [0.15, 0.2) is 0 Å². The predicted molar refractivity (Wildman–Crippen MR) is 53.3 cm³/mol. The summed E-state index contributed by atoms with van der Waals surface area (Å²) < 4.78 is 0. The summed E-state index contributed by atoms with van der Waals surface area (Å²) in [5.74, 6) is -0.201. The van der Waals surface area contributed by atoms with Gasteiger partial charge in [0.1, 0.15) is 5.69 Å². The zero-order valence-corrected chi connectivity index (χ0v) is 7.56. The molecule has 1 aromatic carbocycles. The van der Waals surface area contributed by atoms with Crippen molar-refractivity contribution in [1.82, 2.24) is 5.32 Å². The number of rotatable bonds is 4. The first-order valence-electron chi connectivity index (χ1n) is 4.19. The second-order valence-electron chi connectivity index (χ2n) is 2.68. The summed E-state index contributed by atoms with van der Waals surface area (Å²) in [6, 6.07) is 6.07. The SMILES string of the molecule is NCCNC(=O)c1ccc(N=O)cc1. The molecule has 3 N–H and O–H groups in total. The molecule has 0 saturated heterocycles. The largest absolute Gasteiger partial charge is 0.351 e. The third kappa shape index (κ3) is 2.63. The number of hydrogen-bond acceptors (Lipinski definition) is 4. The van der Waals surface area contributed by atoms with Crippen LogP contribution in [0.25, 0.3) is 0 Å². The van der Waals surface area contributed by atoms with Gasteiger partial charge in [0.05, 0.1) is 0 Å². The molecule has 0 atom stereocenters. The van der Waals surface area contributed by atoms with Crippen molar-refractivity contribution < 1.29 is 4.79 Å². The number of benzene rings is 1. The topological polar surface area (TPSA) is 84.5 Å². The Morgan fingerprint density at radius 1 is 1.36 bits per heavy atom. The monoisotopic (exact) mass is 193 g/mol. The standard InChI is InChI=1S/C9H11N3O2/c10-5-6-11-9(13)7-1-3-8(12-14)4-2-7/h1-4H,5-6,10H2,(H,11,13). The molecule has 1 rings (SSSR count). The van der Waals surface area contributed by atoms with Gasteiger partial charge in [-0.1, -0.05) is 0 Å². The van der Waals surface area contributed by atoms with Gasteiger partial charge < -0.3 is 11.1 Å². The molecule has 1 amide bonds. The third-order valence-electron chi connectivity index (χ3n) is 1.66. The molecule has 0 heterocycles. The molecule has 14 heavy (non-hydrogen) atoms. The van der Waals surface area contributed by atoms with E-state index in [-0.39, 0.29) is 5.91 Å². The van der Waals surface area contributed by atoms with Crippen molar-refractivity contribution in [3.05, 3.63) is 34.7 Å². The molecule has 0 aliphatic heterocycles. The fourth-order valence-corrected chi connectivity index (χ4v) is 0.961. The van der Waals surface area contributed by atoms with Gasteiger partial charge in [-0.05, 0) is 29.4 Å². The smallest absolute Gasteiger partial charge is 0.251 e. The Bertz CT molecular complexity index is 321. The van der Waals surface area contributed by atoms with Crippen LogP contribution in [0, 0.1) is 4.91 Å². The fourth-order valence-electron chi connectivity index (χ4n) is 0.961. The van der Waals surface area contributed by atoms with E-state index >= 15 is 0 Å². The summed E-state index contributed by atoms with van der Waals surface area (Å²) in [7, 11) is 0. The molecular weight excluding hydrogens is 182 g/mol. The molecule has 5 heteroatoms. The van der Waals surface area contributed by atoms with E-state index in [1.807, 2.05) is 0 Å². The van der Waals surface area contributed by atoms with Crippen molar-refractivity contribution in [2.24, 2.45) is 10.9 Å². The first-order valence-corrected chi connectivity index (χ1v) is 4.19. The van der Waals surface area contributed by atoms with E-state index in [4.69, 9.17) is 5.73 Å². The number of hydrogen-bond donors (Lipinski definition) is 2. The van der Waals surface area contributed by atoms with E-state index in [2.05, 4.69) is 10.5 Å². The molecule has 0 fully saturated rings. The molecule has 0 radical (unpaired) electrons. The molecule has 0 aliphatic rings. The minimum Gasteiger partial charge on any atom is -0.351 e. The maximum atomic E-state index is 11.3. The zero-order chi connectivity index (χ0) is 10.4. The van der Waals surface area contributed by atoms with Crippen molar-refractivity contribution in [2.75, 3.05) is 13.1 Å². The molecule has 0 bridgehead atoms. The Hall–Kier alpha value is -1.75.